The van der Waals surface area contributed by atoms with Crippen LogP contribution in [0.4, 0.5) is 4.79 Å². The van der Waals surface area contributed by atoms with Crippen molar-refractivity contribution >= 4 is 24.1 Å². The van der Waals surface area contributed by atoms with Gasteiger partial charge in [-0.25, -0.2) is 14.4 Å². The fourth-order valence-corrected chi connectivity index (χ4v) is 1.44. The summed E-state index contributed by atoms with van der Waals surface area (Å²) in [5.41, 5.74) is 0. The Bertz CT molecular complexity index is 447. The number of unbranched alkanes of at least 4 members (excludes halogenated alkanes) is 2. The van der Waals surface area contributed by atoms with E-state index in [1.807, 2.05) is 0 Å². The monoisotopic (exact) mass is 396 g/mol. The number of hydrogen-bond acceptors (Lipinski definition) is 10. The van der Waals surface area contributed by atoms with E-state index in [1.165, 1.54) is 6.92 Å². The largest absolute Gasteiger partial charge is 0.516 e. The van der Waals surface area contributed by atoms with Gasteiger partial charge in [0.1, 0.15) is 19.3 Å². The number of carbonyl (C=O) groups excluding carboxylic acids is 4. The first kappa shape index (κ1) is 29.6. The SMILES string of the molecule is C.C.CC(O)C(=O)OC(=O)OCCOC(=O)C(C)OC(=O)CCCCCO. The Kier molecular flexibility index (Phi) is 18.9. The zero-order valence-corrected chi connectivity index (χ0v) is 14.3. The zero-order chi connectivity index (χ0) is 19.2. The lowest BCUT2D eigenvalue weighted by Crippen LogP contribution is -2.28. The van der Waals surface area contributed by atoms with Gasteiger partial charge in [0.2, 0.25) is 0 Å². The zero-order valence-electron chi connectivity index (χ0n) is 14.3. The van der Waals surface area contributed by atoms with Gasteiger partial charge >= 0.3 is 24.1 Å². The first-order valence-electron chi connectivity index (χ1n) is 7.81. The van der Waals surface area contributed by atoms with Crippen molar-refractivity contribution in [2.24, 2.45) is 0 Å². The number of aliphatic hydroxyl groups excluding tert-OH is 2. The molecule has 160 valence electrons. The molecule has 2 unspecified atom stereocenters. The molecule has 0 heterocycles. The molecule has 0 spiro atoms. The van der Waals surface area contributed by atoms with Crippen molar-refractivity contribution in [2.45, 2.75) is 66.6 Å². The summed E-state index contributed by atoms with van der Waals surface area (Å²) in [6, 6.07) is 0. The van der Waals surface area contributed by atoms with Gasteiger partial charge < -0.3 is 29.2 Å². The second-order valence-corrected chi connectivity index (χ2v) is 5.03. The Labute approximate surface area is 159 Å². The predicted molar refractivity (Wildman–Crippen MR) is 94.6 cm³/mol. The minimum Gasteiger partial charge on any atom is -0.459 e. The van der Waals surface area contributed by atoms with Gasteiger partial charge in [0.05, 0.1) is 0 Å². The third kappa shape index (κ3) is 15.7. The molecule has 2 N–H and O–H groups in total. The Morgan fingerprint density at radius 1 is 0.889 bits per heavy atom. The summed E-state index contributed by atoms with van der Waals surface area (Å²) in [4.78, 5) is 44.9. The molecule has 27 heavy (non-hydrogen) atoms. The van der Waals surface area contributed by atoms with Gasteiger partial charge in [0.15, 0.2) is 6.10 Å². The maximum Gasteiger partial charge on any atom is 0.516 e. The standard InChI is InChI=1S/C15H24O10.2CH4/c1-10(17)13(19)25-15(21)23-9-8-22-14(20)11(2)24-12(18)6-4-3-5-7-16;;/h10-11,16-17H,3-9H2,1-2H3;2*1H4. The molecule has 2 atom stereocenters. The quantitative estimate of drug-likeness (QED) is 0.227. The van der Waals surface area contributed by atoms with Crippen LogP contribution in [0.25, 0.3) is 0 Å². The lowest BCUT2D eigenvalue weighted by atomic mass is 10.2. The lowest BCUT2D eigenvalue weighted by molar-refractivity contribution is -0.167. The van der Waals surface area contributed by atoms with E-state index in [0.29, 0.717) is 19.3 Å². The predicted octanol–water partition coefficient (Wildman–Crippen LogP) is 1.35. The first-order valence-corrected chi connectivity index (χ1v) is 7.81. The molecule has 0 bridgehead atoms. The average molecular weight is 396 g/mol. The molecule has 10 heteroatoms. The maximum absolute atomic E-state index is 11.6. The number of aliphatic hydroxyl groups is 2. The van der Waals surface area contributed by atoms with E-state index in [1.54, 1.807) is 0 Å². The van der Waals surface area contributed by atoms with Crippen molar-refractivity contribution in [3.05, 3.63) is 0 Å². The van der Waals surface area contributed by atoms with Crippen molar-refractivity contribution in [1.29, 1.82) is 0 Å². The second kappa shape index (κ2) is 17.2. The Hall–Kier alpha value is -2.20. The molecular formula is C17H32O10. The van der Waals surface area contributed by atoms with Crippen molar-refractivity contribution in [3.8, 4) is 0 Å². The van der Waals surface area contributed by atoms with Crippen molar-refractivity contribution in [2.75, 3.05) is 19.8 Å². The van der Waals surface area contributed by atoms with E-state index >= 15 is 0 Å². The average Bonchev–Trinajstić information content (AvgIpc) is 2.55. The molecule has 0 aliphatic carbocycles. The van der Waals surface area contributed by atoms with Gasteiger partial charge in [-0.05, 0) is 26.7 Å². The third-order valence-electron chi connectivity index (χ3n) is 2.75. The Morgan fingerprint density at radius 2 is 1.48 bits per heavy atom. The fourth-order valence-electron chi connectivity index (χ4n) is 1.44. The van der Waals surface area contributed by atoms with Crippen LogP contribution >= 0.6 is 0 Å². The molecular weight excluding hydrogens is 364 g/mol. The van der Waals surface area contributed by atoms with Crippen molar-refractivity contribution in [1.82, 2.24) is 0 Å². The van der Waals surface area contributed by atoms with Crippen LogP contribution in [0.2, 0.25) is 0 Å². The fraction of sp³-hybridized carbons (Fsp3) is 0.765. The van der Waals surface area contributed by atoms with E-state index < -0.39 is 36.3 Å². The molecule has 10 nitrogen and oxygen atoms in total. The summed E-state index contributed by atoms with van der Waals surface area (Å²) in [6.07, 6.45) is -1.97. The summed E-state index contributed by atoms with van der Waals surface area (Å²) in [5, 5.41) is 17.4. The molecule has 0 amide bonds. The van der Waals surface area contributed by atoms with Crippen molar-refractivity contribution in [3.63, 3.8) is 0 Å². The van der Waals surface area contributed by atoms with Crippen LogP contribution in [-0.2, 0) is 33.3 Å². The van der Waals surface area contributed by atoms with E-state index in [0.717, 1.165) is 6.92 Å². The molecule has 0 aliphatic heterocycles. The van der Waals surface area contributed by atoms with Gasteiger partial charge in [-0.3, -0.25) is 4.79 Å². The molecule has 0 fully saturated rings. The number of carbonyl (C=O) groups is 4. The number of ether oxygens (including phenoxy) is 4. The first-order chi connectivity index (χ1) is 11.8. The normalized spacial score (nSPS) is 11.7. The number of hydrogen-bond donors (Lipinski definition) is 2. The van der Waals surface area contributed by atoms with Crippen LogP contribution < -0.4 is 0 Å². The molecule has 0 saturated heterocycles. The molecule has 0 radical (unpaired) electrons. The maximum atomic E-state index is 11.6. The molecule has 0 aromatic carbocycles. The highest BCUT2D eigenvalue weighted by Crippen LogP contribution is 2.04. The molecule has 0 saturated carbocycles. The summed E-state index contributed by atoms with van der Waals surface area (Å²) in [6.45, 7) is 1.81. The summed E-state index contributed by atoms with van der Waals surface area (Å²) < 4.78 is 18.2. The smallest absolute Gasteiger partial charge is 0.459 e. The van der Waals surface area contributed by atoms with E-state index in [4.69, 9.17) is 19.7 Å². The molecule has 0 aliphatic rings. The van der Waals surface area contributed by atoms with E-state index in [9.17, 15) is 19.2 Å². The van der Waals surface area contributed by atoms with Crippen LogP contribution in [0, 0.1) is 0 Å². The Balaban J connectivity index is -0.00000288. The van der Waals surface area contributed by atoms with Crippen molar-refractivity contribution < 1.29 is 48.3 Å². The topological polar surface area (TPSA) is 146 Å². The number of rotatable bonds is 11. The summed E-state index contributed by atoms with van der Waals surface area (Å²) in [7, 11) is 0. The highest BCUT2D eigenvalue weighted by atomic mass is 16.7. The van der Waals surface area contributed by atoms with Gasteiger partial charge in [0.25, 0.3) is 0 Å². The highest BCUT2D eigenvalue weighted by molar-refractivity contribution is 5.84. The molecule has 0 aromatic heterocycles. The van der Waals surface area contributed by atoms with Gasteiger partial charge in [0, 0.05) is 13.0 Å². The Morgan fingerprint density at radius 3 is 2.04 bits per heavy atom. The van der Waals surface area contributed by atoms with Crippen LogP contribution in [0.3, 0.4) is 0 Å². The van der Waals surface area contributed by atoms with Gasteiger partial charge in [-0.1, -0.05) is 21.3 Å². The summed E-state index contributed by atoms with van der Waals surface area (Å²) >= 11 is 0. The van der Waals surface area contributed by atoms with Crippen LogP contribution in [0.5, 0.6) is 0 Å². The third-order valence-corrected chi connectivity index (χ3v) is 2.75. The van der Waals surface area contributed by atoms with Crippen LogP contribution in [-0.4, -0.2) is 66.3 Å². The number of esters is 3. The van der Waals surface area contributed by atoms with Gasteiger partial charge in [-0.15, -0.1) is 0 Å². The minimum atomic E-state index is -1.47. The second-order valence-electron chi connectivity index (χ2n) is 5.03. The highest BCUT2D eigenvalue weighted by Gasteiger charge is 2.20. The van der Waals surface area contributed by atoms with E-state index in [2.05, 4.69) is 9.47 Å². The molecule has 0 aromatic rings. The van der Waals surface area contributed by atoms with E-state index in [-0.39, 0.29) is 41.1 Å². The minimum absolute atomic E-state index is 0. The lowest BCUT2D eigenvalue weighted by Gasteiger charge is -2.13. The van der Waals surface area contributed by atoms with Crippen LogP contribution in [0.1, 0.15) is 54.4 Å². The van der Waals surface area contributed by atoms with Gasteiger partial charge in [-0.2, -0.15) is 0 Å². The molecule has 0 rings (SSSR count). The summed E-state index contributed by atoms with van der Waals surface area (Å²) in [5.74, 6) is -2.54. The van der Waals surface area contributed by atoms with Crippen LogP contribution in [0.15, 0.2) is 0 Å².